The van der Waals surface area contributed by atoms with Gasteiger partial charge in [-0.15, -0.1) is 0 Å². The fourth-order valence-corrected chi connectivity index (χ4v) is 4.13. The lowest BCUT2D eigenvalue weighted by Crippen LogP contribution is -2.46. The molecule has 0 aromatic heterocycles. The van der Waals surface area contributed by atoms with Crippen molar-refractivity contribution in [1.29, 1.82) is 0 Å². The van der Waals surface area contributed by atoms with Gasteiger partial charge in [-0.1, -0.05) is 44.4 Å². The molecule has 0 spiro atoms. The molecule has 2 aromatic carbocycles. The van der Waals surface area contributed by atoms with Gasteiger partial charge in [-0.3, -0.25) is 0 Å². The van der Waals surface area contributed by atoms with Crippen LogP contribution < -0.4 is 9.47 Å². The standard InChI is InChI=1S/C22H26O3/c1-3-4-5-6-9-15-12-17-18-14-22(2,25-21(17)13-19(15)23)24-20-11-8-7-10-16(18)20/h7-8,10-13,18,23H,3-6,9,14H2,1-2H3/t18-,22-/m0/s1. The van der Waals surface area contributed by atoms with Crippen LogP contribution in [0.3, 0.4) is 0 Å². The van der Waals surface area contributed by atoms with Crippen LogP contribution >= 0.6 is 0 Å². The summed E-state index contributed by atoms with van der Waals surface area (Å²) >= 11 is 0. The maximum Gasteiger partial charge on any atom is 0.249 e. The molecule has 0 saturated heterocycles. The average Bonchev–Trinajstić information content (AvgIpc) is 2.59. The third kappa shape index (κ3) is 2.97. The monoisotopic (exact) mass is 338 g/mol. The van der Waals surface area contributed by atoms with Crippen LogP contribution in [0.25, 0.3) is 0 Å². The third-order valence-corrected chi connectivity index (χ3v) is 5.41. The molecule has 2 aliphatic rings. The summed E-state index contributed by atoms with van der Waals surface area (Å²) in [5.74, 6) is 1.59. The van der Waals surface area contributed by atoms with Crippen molar-refractivity contribution in [2.45, 2.75) is 64.1 Å². The van der Waals surface area contributed by atoms with Gasteiger partial charge in [-0.25, -0.2) is 0 Å². The second-order valence-electron chi connectivity index (χ2n) is 7.46. The van der Waals surface area contributed by atoms with E-state index in [1.54, 1.807) is 6.07 Å². The first-order chi connectivity index (χ1) is 12.1. The van der Waals surface area contributed by atoms with Crippen LogP contribution in [0, 0.1) is 0 Å². The summed E-state index contributed by atoms with van der Waals surface area (Å²) in [6, 6.07) is 12.2. The molecule has 2 aromatic rings. The molecule has 1 N–H and O–H groups in total. The van der Waals surface area contributed by atoms with Crippen LogP contribution in [0.15, 0.2) is 36.4 Å². The van der Waals surface area contributed by atoms with Gasteiger partial charge in [-0.05, 0) is 30.5 Å². The predicted octanol–water partition coefficient (Wildman–Crippen LogP) is 5.54. The topological polar surface area (TPSA) is 38.7 Å². The van der Waals surface area contributed by atoms with E-state index in [0.717, 1.165) is 36.3 Å². The number of ether oxygens (including phenoxy) is 2. The highest BCUT2D eigenvalue weighted by molar-refractivity contribution is 5.55. The molecule has 2 atom stereocenters. The number of phenols is 1. The molecule has 2 heterocycles. The molecule has 2 bridgehead atoms. The van der Waals surface area contributed by atoms with E-state index in [4.69, 9.17) is 9.47 Å². The lowest BCUT2D eigenvalue weighted by Gasteiger charge is -2.44. The number of para-hydroxylation sites is 1. The largest absolute Gasteiger partial charge is 0.508 e. The van der Waals surface area contributed by atoms with E-state index in [9.17, 15) is 5.11 Å². The number of aryl methyl sites for hydroxylation is 1. The summed E-state index contributed by atoms with van der Waals surface area (Å²) in [7, 11) is 0. The van der Waals surface area contributed by atoms with Gasteiger partial charge in [0.25, 0.3) is 0 Å². The van der Waals surface area contributed by atoms with Gasteiger partial charge in [0.05, 0.1) is 0 Å². The first kappa shape index (κ1) is 16.3. The second-order valence-corrected chi connectivity index (χ2v) is 7.46. The van der Waals surface area contributed by atoms with Gasteiger partial charge >= 0.3 is 0 Å². The average molecular weight is 338 g/mol. The van der Waals surface area contributed by atoms with Gasteiger partial charge in [-0.2, -0.15) is 0 Å². The van der Waals surface area contributed by atoms with Crippen LogP contribution in [-0.2, 0) is 6.42 Å². The van der Waals surface area contributed by atoms with E-state index in [0.29, 0.717) is 5.75 Å². The van der Waals surface area contributed by atoms with E-state index in [-0.39, 0.29) is 5.92 Å². The Morgan fingerprint density at radius 2 is 1.84 bits per heavy atom. The van der Waals surface area contributed by atoms with Gasteiger partial charge in [0.15, 0.2) is 0 Å². The number of aromatic hydroxyl groups is 1. The molecular formula is C22H26O3. The summed E-state index contributed by atoms with van der Waals surface area (Å²) in [6.07, 6.45) is 6.52. The molecule has 3 heteroatoms. The minimum atomic E-state index is -0.666. The maximum absolute atomic E-state index is 10.4. The number of phenolic OH excluding ortho intramolecular Hbond substituents is 1. The minimum Gasteiger partial charge on any atom is -0.508 e. The number of fused-ring (bicyclic) bond motifs is 6. The lowest BCUT2D eigenvalue weighted by molar-refractivity contribution is -0.125. The fraction of sp³-hybridized carbons (Fsp3) is 0.455. The molecule has 2 aliphatic heterocycles. The van der Waals surface area contributed by atoms with Crippen molar-refractivity contribution >= 4 is 0 Å². The first-order valence-electron chi connectivity index (χ1n) is 9.42. The van der Waals surface area contributed by atoms with Gasteiger partial charge in [0.1, 0.15) is 17.2 Å². The molecule has 132 valence electrons. The number of hydrogen-bond donors (Lipinski definition) is 1. The van der Waals surface area contributed by atoms with E-state index in [2.05, 4.69) is 25.1 Å². The number of hydrogen-bond acceptors (Lipinski definition) is 3. The van der Waals surface area contributed by atoms with Crippen LogP contribution in [-0.4, -0.2) is 10.9 Å². The quantitative estimate of drug-likeness (QED) is 0.728. The smallest absolute Gasteiger partial charge is 0.249 e. The molecule has 0 radical (unpaired) electrons. The second kappa shape index (κ2) is 6.29. The SMILES string of the molecule is CCCCCCc1cc2c(cc1O)O[C@@]1(C)C[C@H]2c2ccccc2O1. The molecule has 4 rings (SSSR count). The molecule has 0 fully saturated rings. The zero-order valence-electron chi connectivity index (χ0n) is 15.0. The van der Waals surface area contributed by atoms with Crippen LogP contribution in [0.5, 0.6) is 17.2 Å². The normalized spacial score (nSPS) is 23.2. The summed E-state index contributed by atoms with van der Waals surface area (Å²) in [5, 5.41) is 10.4. The third-order valence-electron chi connectivity index (χ3n) is 5.41. The predicted molar refractivity (Wildman–Crippen MR) is 98.5 cm³/mol. The fourth-order valence-electron chi connectivity index (χ4n) is 4.13. The van der Waals surface area contributed by atoms with Gasteiger partial charge < -0.3 is 14.6 Å². The van der Waals surface area contributed by atoms with Crippen molar-refractivity contribution in [3.8, 4) is 17.2 Å². The van der Waals surface area contributed by atoms with Crippen molar-refractivity contribution in [1.82, 2.24) is 0 Å². The van der Waals surface area contributed by atoms with Crippen LogP contribution in [0.2, 0.25) is 0 Å². The van der Waals surface area contributed by atoms with E-state index >= 15 is 0 Å². The number of benzene rings is 2. The van der Waals surface area contributed by atoms with E-state index in [1.165, 1.54) is 30.4 Å². The zero-order valence-corrected chi connectivity index (χ0v) is 15.0. The van der Waals surface area contributed by atoms with Crippen molar-refractivity contribution in [2.24, 2.45) is 0 Å². The Balaban J connectivity index is 1.70. The Kier molecular flexibility index (Phi) is 4.10. The van der Waals surface area contributed by atoms with Crippen molar-refractivity contribution in [2.75, 3.05) is 0 Å². The Bertz CT molecular complexity index is 783. The number of rotatable bonds is 5. The van der Waals surface area contributed by atoms with Crippen molar-refractivity contribution in [3.05, 3.63) is 53.1 Å². The highest BCUT2D eigenvalue weighted by Crippen LogP contribution is 2.52. The van der Waals surface area contributed by atoms with Crippen molar-refractivity contribution in [3.63, 3.8) is 0 Å². The van der Waals surface area contributed by atoms with Gasteiger partial charge in [0, 0.05) is 36.5 Å². The molecule has 0 saturated carbocycles. The summed E-state index contributed by atoms with van der Waals surface area (Å²) in [4.78, 5) is 0. The molecule has 0 unspecified atom stereocenters. The Morgan fingerprint density at radius 3 is 2.68 bits per heavy atom. The Labute approximate surface area is 149 Å². The Morgan fingerprint density at radius 1 is 1.04 bits per heavy atom. The molecule has 3 nitrogen and oxygen atoms in total. The molecule has 0 amide bonds. The van der Waals surface area contributed by atoms with E-state index < -0.39 is 5.79 Å². The molecule has 25 heavy (non-hydrogen) atoms. The van der Waals surface area contributed by atoms with E-state index in [1.807, 2.05) is 19.1 Å². The molecular weight excluding hydrogens is 312 g/mol. The summed E-state index contributed by atoms with van der Waals surface area (Å²) in [5.41, 5.74) is 3.43. The zero-order chi connectivity index (χ0) is 17.4. The van der Waals surface area contributed by atoms with Crippen molar-refractivity contribution < 1.29 is 14.6 Å². The Hall–Kier alpha value is -2.16. The highest BCUT2D eigenvalue weighted by atomic mass is 16.7. The minimum absolute atomic E-state index is 0.258. The highest BCUT2D eigenvalue weighted by Gasteiger charge is 2.45. The summed E-state index contributed by atoms with van der Waals surface area (Å²) in [6.45, 7) is 4.20. The summed E-state index contributed by atoms with van der Waals surface area (Å²) < 4.78 is 12.2. The maximum atomic E-state index is 10.4. The van der Waals surface area contributed by atoms with Crippen LogP contribution in [0.4, 0.5) is 0 Å². The van der Waals surface area contributed by atoms with Crippen LogP contribution in [0.1, 0.15) is 68.6 Å². The lowest BCUT2D eigenvalue weighted by atomic mass is 9.80. The number of unbranched alkanes of at least 4 members (excludes halogenated alkanes) is 3. The molecule has 0 aliphatic carbocycles. The van der Waals surface area contributed by atoms with Gasteiger partial charge in [0.2, 0.25) is 5.79 Å². The first-order valence-corrected chi connectivity index (χ1v) is 9.42.